The summed E-state index contributed by atoms with van der Waals surface area (Å²) >= 11 is 1.25. The number of rotatable bonds is 6. The average Bonchev–Trinajstić information content (AvgIpc) is 2.53. The molecule has 0 aromatic heterocycles. The molecule has 4 nitrogen and oxygen atoms in total. The molecule has 0 heterocycles. The fourth-order valence-corrected chi connectivity index (χ4v) is 2.61. The number of aromatic hydroxyl groups is 1. The Morgan fingerprint density at radius 2 is 1.86 bits per heavy atom. The summed E-state index contributed by atoms with van der Waals surface area (Å²) in [6.07, 6.45) is 0. The van der Waals surface area contributed by atoms with Crippen molar-refractivity contribution in [3.8, 4) is 5.75 Å². The van der Waals surface area contributed by atoms with Gasteiger partial charge in [0.05, 0.1) is 17.9 Å². The molecule has 0 bridgehead atoms. The van der Waals surface area contributed by atoms with Gasteiger partial charge in [-0.05, 0) is 25.1 Å². The maximum Gasteiger partial charge on any atom is 0.316 e. The number of ether oxygens (including phenoxy) is 1. The monoisotopic (exact) mass is 316 g/mol. The summed E-state index contributed by atoms with van der Waals surface area (Å²) < 4.78 is 4.84. The predicted molar refractivity (Wildman–Crippen MR) is 85.3 cm³/mol. The molecule has 0 aliphatic rings. The van der Waals surface area contributed by atoms with E-state index < -0.39 is 0 Å². The summed E-state index contributed by atoms with van der Waals surface area (Å²) in [6.45, 7) is 2.09. The molecule has 0 aliphatic heterocycles. The van der Waals surface area contributed by atoms with Crippen LogP contribution in [0.25, 0.3) is 0 Å². The first-order chi connectivity index (χ1) is 10.6. The zero-order valence-electron chi connectivity index (χ0n) is 12.1. The third-order valence-corrected chi connectivity index (χ3v) is 3.88. The molecule has 1 N–H and O–H groups in total. The molecule has 0 fully saturated rings. The molecule has 0 saturated carbocycles. The molecule has 0 aliphatic carbocycles. The summed E-state index contributed by atoms with van der Waals surface area (Å²) in [6, 6.07) is 13.5. The first kappa shape index (κ1) is 16.1. The van der Waals surface area contributed by atoms with E-state index in [2.05, 4.69) is 0 Å². The molecule has 0 atom stereocenters. The van der Waals surface area contributed by atoms with Crippen LogP contribution in [-0.4, -0.2) is 29.2 Å². The van der Waals surface area contributed by atoms with Crippen molar-refractivity contribution >= 4 is 23.5 Å². The largest absolute Gasteiger partial charge is 0.507 e. The van der Waals surface area contributed by atoms with Crippen LogP contribution in [-0.2, 0) is 9.53 Å². The number of carbonyl (C=O) groups is 2. The second-order valence-corrected chi connectivity index (χ2v) is 5.52. The summed E-state index contributed by atoms with van der Waals surface area (Å²) in [5.41, 5.74) is 0.761. The Balaban J connectivity index is 2.10. The van der Waals surface area contributed by atoms with Gasteiger partial charge in [-0.25, -0.2) is 0 Å². The Hall–Kier alpha value is -2.27. The Bertz CT molecular complexity index is 668. The molecule has 0 unspecified atom stereocenters. The quantitative estimate of drug-likeness (QED) is 0.503. The number of phenolic OH excluding ortho intramolecular Hbond substituents is 1. The van der Waals surface area contributed by atoms with Gasteiger partial charge in [-0.15, -0.1) is 11.8 Å². The predicted octanol–water partition coefficient (Wildman–Crippen LogP) is 3.28. The van der Waals surface area contributed by atoms with Gasteiger partial charge in [-0.1, -0.05) is 30.3 Å². The molecule has 2 aromatic carbocycles. The van der Waals surface area contributed by atoms with Crippen LogP contribution in [0.5, 0.6) is 5.75 Å². The summed E-state index contributed by atoms with van der Waals surface area (Å²) in [5, 5.41) is 10.0. The Labute approximate surface area is 133 Å². The van der Waals surface area contributed by atoms with Crippen molar-refractivity contribution in [3.05, 3.63) is 59.7 Å². The van der Waals surface area contributed by atoms with Gasteiger partial charge in [-0.2, -0.15) is 0 Å². The number of benzene rings is 2. The molecule has 0 spiro atoms. The van der Waals surface area contributed by atoms with Gasteiger partial charge in [0, 0.05) is 10.5 Å². The highest BCUT2D eigenvalue weighted by atomic mass is 32.2. The number of ketones is 1. The maximum atomic E-state index is 12.3. The van der Waals surface area contributed by atoms with E-state index in [-0.39, 0.29) is 28.8 Å². The Morgan fingerprint density at radius 1 is 1.14 bits per heavy atom. The van der Waals surface area contributed by atoms with E-state index in [0.717, 1.165) is 0 Å². The number of hydrogen-bond donors (Lipinski definition) is 1. The van der Waals surface area contributed by atoms with Gasteiger partial charge in [0.1, 0.15) is 5.75 Å². The smallest absolute Gasteiger partial charge is 0.316 e. The minimum atomic E-state index is -0.309. The highest BCUT2D eigenvalue weighted by Crippen LogP contribution is 2.27. The second kappa shape index (κ2) is 7.66. The van der Waals surface area contributed by atoms with Crippen LogP contribution < -0.4 is 0 Å². The number of esters is 1. The summed E-state index contributed by atoms with van der Waals surface area (Å²) in [4.78, 5) is 24.3. The minimum Gasteiger partial charge on any atom is -0.507 e. The van der Waals surface area contributed by atoms with Crippen LogP contribution in [0.1, 0.15) is 22.8 Å². The zero-order chi connectivity index (χ0) is 15.9. The number of carbonyl (C=O) groups excluding carboxylic acids is 2. The fraction of sp³-hybridized carbons (Fsp3) is 0.176. The van der Waals surface area contributed by atoms with E-state index in [1.54, 1.807) is 43.3 Å². The summed E-state index contributed by atoms with van der Waals surface area (Å²) in [7, 11) is 0. The van der Waals surface area contributed by atoms with Gasteiger partial charge in [0.2, 0.25) is 0 Å². The number of thioether (sulfide) groups is 1. The molecule has 0 saturated heterocycles. The second-order valence-electron chi connectivity index (χ2n) is 4.47. The molecule has 2 rings (SSSR count). The van der Waals surface area contributed by atoms with Crippen molar-refractivity contribution in [1.82, 2.24) is 0 Å². The number of hydrogen-bond acceptors (Lipinski definition) is 5. The van der Waals surface area contributed by atoms with E-state index in [0.29, 0.717) is 17.1 Å². The third-order valence-electron chi connectivity index (χ3n) is 2.91. The normalized spacial score (nSPS) is 10.2. The molecule has 114 valence electrons. The molecule has 5 heteroatoms. The van der Waals surface area contributed by atoms with Crippen molar-refractivity contribution in [1.29, 1.82) is 0 Å². The average molecular weight is 316 g/mol. The standard InChI is InChI=1S/C17H16O4S/c1-2-21-16(19)11-22-13-8-9-14(15(18)10-13)17(20)12-6-4-3-5-7-12/h3-10,18H,2,11H2,1H3. The SMILES string of the molecule is CCOC(=O)CSc1ccc(C(=O)c2ccccc2)c(O)c1. The van der Waals surface area contributed by atoms with Crippen molar-refractivity contribution in [2.75, 3.05) is 12.4 Å². The minimum absolute atomic E-state index is 0.0947. The molecule has 2 aromatic rings. The lowest BCUT2D eigenvalue weighted by Gasteiger charge is -2.07. The van der Waals surface area contributed by atoms with Gasteiger partial charge in [0.15, 0.2) is 5.78 Å². The van der Waals surface area contributed by atoms with Crippen LogP contribution >= 0.6 is 11.8 Å². The number of phenols is 1. The first-order valence-electron chi connectivity index (χ1n) is 6.83. The van der Waals surface area contributed by atoms with Crippen LogP contribution in [0.15, 0.2) is 53.4 Å². The highest BCUT2D eigenvalue weighted by molar-refractivity contribution is 8.00. The van der Waals surface area contributed by atoms with E-state index in [4.69, 9.17) is 4.74 Å². The molecular weight excluding hydrogens is 300 g/mol. The lowest BCUT2D eigenvalue weighted by Crippen LogP contribution is -2.06. The Morgan fingerprint density at radius 3 is 2.50 bits per heavy atom. The highest BCUT2D eigenvalue weighted by Gasteiger charge is 2.14. The Kier molecular flexibility index (Phi) is 5.61. The van der Waals surface area contributed by atoms with Crippen LogP contribution in [0, 0.1) is 0 Å². The molecule has 0 amide bonds. The van der Waals surface area contributed by atoms with E-state index >= 15 is 0 Å². The third kappa shape index (κ3) is 4.11. The van der Waals surface area contributed by atoms with Gasteiger partial charge in [-0.3, -0.25) is 9.59 Å². The van der Waals surface area contributed by atoms with E-state index in [9.17, 15) is 14.7 Å². The van der Waals surface area contributed by atoms with Crippen LogP contribution in [0.4, 0.5) is 0 Å². The first-order valence-corrected chi connectivity index (χ1v) is 7.81. The van der Waals surface area contributed by atoms with Crippen LogP contribution in [0.2, 0.25) is 0 Å². The maximum absolute atomic E-state index is 12.3. The lowest BCUT2D eigenvalue weighted by molar-refractivity contribution is -0.139. The fourth-order valence-electron chi connectivity index (χ4n) is 1.88. The molecule has 0 radical (unpaired) electrons. The van der Waals surface area contributed by atoms with Crippen molar-refractivity contribution in [3.63, 3.8) is 0 Å². The topological polar surface area (TPSA) is 63.6 Å². The summed E-state index contributed by atoms with van der Waals surface area (Å²) in [5.74, 6) is -0.474. The van der Waals surface area contributed by atoms with Crippen molar-refractivity contribution in [2.24, 2.45) is 0 Å². The lowest BCUT2D eigenvalue weighted by atomic mass is 10.0. The van der Waals surface area contributed by atoms with Gasteiger partial charge >= 0.3 is 5.97 Å². The van der Waals surface area contributed by atoms with Crippen molar-refractivity contribution in [2.45, 2.75) is 11.8 Å². The van der Waals surface area contributed by atoms with Crippen LogP contribution in [0.3, 0.4) is 0 Å². The molecular formula is C17H16O4S. The zero-order valence-corrected chi connectivity index (χ0v) is 12.9. The van der Waals surface area contributed by atoms with Gasteiger partial charge in [0.25, 0.3) is 0 Å². The van der Waals surface area contributed by atoms with E-state index in [1.165, 1.54) is 17.8 Å². The molecule has 22 heavy (non-hydrogen) atoms. The van der Waals surface area contributed by atoms with Gasteiger partial charge < -0.3 is 9.84 Å². The van der Waals surface area contributed by atoms with Crippen molar-refractivity contribution < 1.29 is 19.4 Å². The van der Waals surface area contributed by atoms with E-state index in [1.807, 2.05) is 6.07 Å².